The topological polar surface area (TPSA) is 88.4 Å². The molecule has 2 heterocycles. The zero-order valence-electron chi connectivity index (χ0n) is 12.0. The summed E-state index contributed by atoms with van der Waals surface area (Å²) < 4.78 is 40.8. The molecule has 0 aliphatic rings. The Labute approximate surface area is 137 Å². The summed E-state index contributed by atoms with van der Waals surface area (Å²) in [7, 11) is 0. The highest BCUT2D eigenvalue weighted by Gasteiger charge is 2.29. The van der Waals surface area contributed by atoms with E-state index < -0.39 is 24.5 Å². The van der Waals surface area contributed by atoms with Gasteiger partial charge in [-0.1, -0.05) is 0 Å². The smallest absolute Gasteiger partial charge is 0.405 e. The molecule has 2 N–H and O–H groups in total. The van der Waals surface area contributed by atoms with Gasteiger partial charge in [-0.25, -0.2) is 0 Å². The zero-order chi connectivity index (χ0) is 17.7. The van der Waals surface area contributed by atoms with E-state index in [0.717, 1.165) is 11.3 Å². The van der Waals surface area contributed by atoms with E-state index in [0.29, 0.717) is 9.75 Å². The van der Waals surface area contributed by atoms with Crippen LogP contribution in [0.5, 0.6) is 0 Å². The maximum Gasteiger partial charge on any atom is 0.405 e. The van der Waals surface area contributed by atoms with Crippen LogP contribution in [0.1, 0.15) is 20.3 Å². The van der Waals surface area contributed by atoms with Crippen molar-refractivity contribution in [3.05, 3.63) is 46.0 Å². The molecular weight excluding hydrogens is 349 g/mol. The standard InChI is InChI=1S/C14H11F3N2O4S/c15-14(16,17)7-19-13(22)12(21)18-6-8-3-4-10(24-8)11(20)9-2-1-5-23-9/h1-5H,6-7H2,(H,18,21)(H,19,22). The molecule has 0 aromatic carbocycles. The van der Waals surface area contributed by atoms with Gasteiger partial charge in [0.1, 0.15) is 6.54 Å². The monoisotopic (exact) mass is 360 g/mol. The normalized spacial score (nSPS) is 11.1. The van der Waals surface area contributed by atoms with E-state index in [9.17, 15) is 27.6 Å². The molecule has 0 saturated carbocycles. The van der Waals surface area contributed by atoms with Gasteiger partial charge < -0.3 is 15.1 Å². The van der Waals surface area contributed by atoms with Crippen LogP contribution in [0.2, 0.25) is 0 Å². The van der Waals surface area contributed by atoms with Crippen molar-refractivity contribution in [3.63, 3.8) is 0 Å². The van der Waals surface area contributed by atoms with E-state index in [1.54, 1.807) is 12.1 Å². The third-order valence-electron chi connectivity index (χ3n) is 2.71. The Morgan fingerprint density at radius 3 is 2.42 bits per heavy atom. The van der Waals surface area contributed by atoms with Crippen LogP contribution in [-0.2, 0) is 16.1 Å². The molecule has 2 aromatic heterocycles. The Hall–Kier alpha value is -2.62. The fraction of sp³-hybridized carbons (Fsp3) is 0.214. The van der Waals surface area contributed by atoms with Crippen LogP contribution in [0.25, 0.3) is 0 Å². The predicted octanol–water partition coefficient (Wildman–Crippen LogP) is 1.87. The SMILES string of the molecule is O=C(NCc1ccc(C(=O)c2ccco2)s1)C(=O)NCC(F)(F)F. The fourth-order valence-corrected chi connectivity index (χ4v) is 2.52. The van der Waals surface area contributed by atoms with Crippen LogP contribution in [0, 0.1) is 0 Å². The highest BCUT2D eigenvalue weighted by Crippen LogP contribution is 2.20. The number of hydrogen-bond acceptors (Lipinski definition) is 5. The number of ketones is 1. The van der Waals surface area contributed by atoms with Gasteiger partial charge in [-0.05, 0) is 24.3 Å². The number of rotatable bonds is 5. The summed E-state index contributed by atoms with van der Waals surface area (Å²) in [5.74, 6) is -2.73. The van der Waals surface area contributed by atoms with E-state index in [-0.39, 0.29) is 18.1 Å². The molecular formula is C14H11F3N2O4S. The first-order valence-electron chi connectivity index (χ1n) is 6.56. The third kappa shape index (κ3) is 4.95. The van der Waals surface area contributed by atoms with Crippen molar-refractivity contribution in [2.75, 3.05) is 6.54 Å². The van der Waals surface area contributed by atoms with Gasteiger partial charge in [-0.3, -0.25) is 14.4 Å². The number of carbonyl (C=O) groups excluding carboxylic acids is 3. The second-order valence-corrected chi connectivity index (χ2v) is 5.72. The first-order chi connectivity index (χ1) is 11.3. The molecule has 0 atom stereocenters. The molecule has 0 aliphatic heterocycles. The Morgan fingerprint density at radius 2 is 1.79 bits per heavy atom. The van der Waals surface area contributed by atoms with Gasteiger partial charge in [0.25, 0.3) is 0 Å². The summed E-state index contributed by atoms with van der Waals surface area (Å²) in [6.07, 6.45) is -3.23. The number of thiophene rings is 1. The molecule has 0 bridgehead atoms. The molecule has 6 nitrogen and oxygen atoms in total. The average molecular weight is 360 g/mol. The summed E-state index contributed by atoms with van der Waals surface area (Å²) in [6, 6.07) is 6.17. The van der Waals surface area contributed by atoms with E-state index in [1.807, 2.05) is 0 Å². The average Bonchev–Trinajstić information content (AvgIpc) is 3.20. The maximum absolute atomic E-state index is 12.0. The van der Waals surface area contributed by atoms with Gasteiger partial charge in [-0.15, -0.1) is 11.3 Å². The quantitative estimate of drug-likeness (QED) is 0.629. The number of carbonyl (C=O) groups is 3. The highest BCUT2D eigenvalue weighted by atomic mass is 32.1. The first-order valence-corrected chi connectivity index (χ1v) is 7.37. The van der Waals surface area contributed by atoms with Crippen LogP contribution < -0.4 is 10.6 Å². The van der Waals surface area contributed by atoms with Gasteiger partial charge in [0.05, 0.1) is 17.7 Å². The second kappa shape index (κ2) is 7.30. The summed E-state index contributed by atoms with van der Waals surface area (Å²) in [4.78, 5) is 35.5. The Bertz CT molecular complexity index is 738. The number of furan rings is 1. The molecule has 0 saturated heterocycles. The second-order valence-electron chi connectivity index (χ2n) is 4.55. The molecule has 128 valence electrons. The Balaban J connectivity index is 1.85. The predicted molar refractivity (Wildman–Crippen MR) is 77.4 cm³/mol. The number of halogens is 3. The van der Waals surface area contributed by atoms with Crippen molar-refractivity contribution in [2.45, 2.75) is 12.7 Å². The highest BCUT2D eigenvalue weighted by molar-refractivity contribution is 7.14. The van der Waals surface area contributed by atoms with Crippen molar-refractivity contribution in [2.24, 2.45) is 0 Å². The molecule has 2 rings (SSSR count). The summed E-state index contributed by atoms with van der Waals surface area (Å²) in [5.41, 5.74) is 0. The lowest BCUT2D eigenvalue weighted by Crippen LogP contribution is -2.43. The summed E-state index contributed by atoms with van der Waals surface area (Å²) in [6.45, 7) is -1.67. The lowest BCUT2D eigenvalue weighted by atomic mass is 10.2. The number of nitrogens with one attached hydrogen (secondary N) is 2. The summed E-state index contributed by atoms with van der Waals surface area (Å²) in [5, 5.41) is 3.64. The van der Waals surface area contributed by atoms with Crippen molar-refractivity contribution in [3.8, 4) is 0 Å². The molecule has 24 heavy (non-hydrogen) atoms. The lowest BCUT2D eigenvalue weighted by Gasteiger charge is -2.08. The maximum atomic E-state index is 12.0. The van der Waals surface area contributed by atoms with Crippen LogP contribution in [-0.4, -0.2) is 30.3 Å². The van der Waals surface area contributed by atoms with Crippen molar-refractivity contribution in [1.29, 1.82) is 0 Å². The van der Waals surface area contributed by atoms with Crippen LogP contribution in [0.15, 0.2) is 34.9 Å². The molecule has 0 radical (unpaired) electrons. The molecule has 2 amide bonds. The Kier molecular flexibility index (Phi) is 5.39. The van der Waals surface area contributed by atoms with Crippen molar-refractivity contribution < 1.29 is 32.0 Å². The number of alkyl halides is 3. The van der Waals surface area contributed by atoms with Crippen LogP contribution in [0.3, 0.4) is 0 Å². The summed E-state index contributed by atoms with van der Waals surface area (Å²) >= 11 is 1.07. The largest absolute Gasteiger partial charge is 0.461 e. The van der Waals surface area contributed by atoms with Gasteiger partial charge in [0.2, 0.25) is 5.78 Å². The van der Waals surface area contributed by atoms with Crippen molar-refractivity contribution in [1.82, 2.24) is 10.6 Å². The molecule has 0 aliphatic carbocycles. The molecule has 0 spiro atoms. The zero-order valence-corrected chi connectivity index (χ0v) is 12.8. The number of hydrogen-bond donors (Lipinski definition) is 2. The fourth-order valence-electron chi connectivity index (χ4n) is 1.63. The number of amides is 2. The van der Waals surface area contributed by atoms with Gasteiger partial charge in [0, 0.05) is 4.88 Å². The molecule has 0 unspecified atom stereocenters. The van der Waals surface area contributed by atoms with Gasteiger partial charge in [0.15, 0.2) is 5.76 Å². The van der Waals surface area contributed by atoms with E-state index in [4.69, 9.17) is 4.42 Å². The molecule has 0 fully saturated rings. The Morgan fingerprint density at radius 1 is 1.08 bits per heavy atom. The van der Waals surface area contributed by atoms with E-state index in [1.165, 1.54) is 23.7 Å². The minimum absolute atomic E-state index is 0.0889. The third-order valence-corrected chi connectivity index (χ3v) is 3.79. The minimum Gasteiger partial charge on any atom is -0.461 e. The lowest BCUT2D eigenvalue weighted by molar-refractivity contribution is -0.146. The minimum atomic E-state index is -4.59. The van der Waals surface area contributed by atoms with Crippen LogP contribution >= 0.6 is 11.3 Å². The molecule has 10 heteroatoms. The van der Waals surface area contributed by atoms with E-state index >= 15 is 0 Å². The van der Waals surface area contributed by atoms with E-state index in [2.05, 4.69) is 5.32 Å². The molecule has 2 aromatic rings. The van der Waals surface area contributed by atoms with Crippen LogP contribution in [0.4, 0.5) is 13.2 Å². The first kappa shape index (κ1) is 17.7. The van der Waals surface area contributed by atoms with Gasteiger partial charge in [-0.2, -0.15) is 13.2 Å². The van der Waals surface area contributed by atoms with Crippen molar-refractivity contribution >= 4 is 28.9 Å². The van der Waals surface area contributed by atoms with Gasteiger partial charge >= 0.3 is 18.0 Å².